The van der Waals surface area contributed by atoms with Crippen molar-refractivity contribution in [2.24, 2.45) is 11.3 Å². The van der Waals surface area contributed by atoms with Crippen molar-refractivity contribution in [2.45, 2.75) is 57.9 Å². The van der Waals surface area contributed by atoms with Crippen LogP contribution in [0.25, 0.3) is 0 Å². The molecule has 2 atom stereocenters. The summed E-state index contributed by atoms with van der Waals surface area (Å²) in [4.78, 5) is 17.3. The number of carbonyl (C=O) groups excluding carboxylic acids is 1. The molecule has 2 aliphatic carbocycles. The second kappa shape index (κ2) is 8.18. The van der Waals surface area contributed by atoms with Crippen molar-refractivity contribution in [1.82, 2.24) is 10.3 Å². The van der Waals surface area contributed by atoms with Crippen LogP contribution in [0.5, 0.6) is 0 Å². The third-order valence-corrected chi connectivity index (χ3v) is 7.48. The predicted octanol–water partition coefficient (Wildman–Crippen LogP) is 4.32. The molecule has 1 amide bonds. The number of hydrogen-bond donors (Lipinski definition) is 3. The Kier molecular flexibility index (Phi) is 6.24. The zero-order valence-electron chi connectivity index (χ0n) is 18.5. The fourth-order valence-electron chi connectivity index (χ4n) is 4.00. The minimum absolute atomic E-state index is 0.145. The standard InChI is InChI=1S/C22H39N4OP/c1-22(2)12-11-16(13-19(22)26-21(27)15-7-8-15)17-9-10-18(20(23-3)25-17)24-14-28(4,5)6/h9-10,15-16,19,24,28H,7-8,11-14H2,1-6H3,(H,23,25)(H,26,27). The van der Waals surface area contributed by atoms with Gasteiger partial charge in [-0.15, -0.1) is 0 Å². The predicted molar refractivity (Wildman–Crippen MR) is 123 cm³/mol. The third-order valence-electron chi connectivity index (χ3n) is 6.25. The van der Waals surface area contributed by atoms with Crippen LogP contribution in [-0.2, 0) is 4.79 Å². The van der Waals surface area contributed by atoms with Crippen molar-refractivity contribution in [3.63, 3.8) is 0 Å². The van der Waals surface area contributed by atoms with Gasteiger partial charge >= 0.3 is 158 Å². The molecule has 0 radical (unpaired) electrons. The van der Waals surface area contributed by atoms with E-state index in [9.17, 15) is 4.79 Å². The fraction of sp³-hybridized carbons (Fsp3) is 0.727. The molecule has 3 N–H and O–H groups in total. The van der Waals surface area contributed by atoms with Gasteiger partial charge in [-0.3, -0.25) is 0 Å². The van der Waals surface area contributed by atoms with E-state index in [0.717, 1.165) is 55.6 Å². The van der Waals surface area contributed by atoms with Crippen molar-refractivity contribution < 1.29 is 4.79 Å². The van der Waals surface area contributed by atoms with E-state index in [-0.39, 0.29) is 23.3 Å². The summed E-state index contributed by atoms with van der Waals surface area (Å²) in [6.45, 7) is 11.7. The molecular weight excluding hydrogens is 367 g/mol. The van der Waals surface area contributed by atoms with Crippen molar-refractivity contribution in [3.05, 3.63) is 17.8 Å². The first kappa shape index (κ1) is 21.4. The zero-order chi connectivity index (χ0) is 20.5. The summed E-state index contributed by atoms with van der Waals surface area (Å²) in [7, 11) is 0.765. The van der Waals surface area contributed by atoms with Gasteiger partial charge in [0.1, 0.15) is 0 Å². The van der Waals surface area contributed by atoms with Crippen LogP contribution in [0.4, 0.5) is 11.5 Å². The van der Waals surface area contributed by atoms with Crippen LogP contribution in [0, 0.1) is 11.3 Å². The molecule has 3 rings (SSSR count). The SMILES string of the molecule is CNc1nc(C2CCC(C)(C)C(NC(=O)C3CC3)C2)ccc1NC[PH](C)(C)C. The first-order valence-electron chi connectivity index (χ1n) is 10.8. The molecule has 2 fully saturated rings. The summed E-state index contributed by atoms with van der Waals surface area (Å²) in [5, 5.41) is 10.2. The van der Waals surface area contributed by atoms with Gasteiger partial charge in [-0.2, -0.15) is 0 Å². The molecule has 6 heteroatoms. The Morgan fingerprint density at radius 2 is 1.93 bits per heavy atom. The van der Waals surface area contributed by atoms with Crippen molar-refractivity contribution in [3.8, 4) is 0 Å². The molecule has 5 nitrogen and oxygen atoms in total. The summed E-state index contributed by atoms with van der Waals surface area (Å²) >= 11 is 0. The van der Waals surface area contributed by atoms with Crippen LogP contribution in [0.15, 0.2) is 12.1 Å². The van der Waals surface area contributed by atoms with Crippen LogP contribution < -0.4 is 16.0 Å². The van der Waals surface area contributed by atoms with E-state index < -0.39 is 7.26 Å². The number of rotatable bonds is 7. The van der Waals surface area contributed by atoms with Crippen LogP contribution in [0.1, 0.15) is 57.6 Å². The molecule has 1 heterocycles. The topological polar surface area (TPSA) is 66.0 Å². The number of nitrogens with one attached hydrogen (secondary N) is 3. The van der Waals surface area contributed by atoms with Gasteiger partial charge in [-0.1, -0.05) is 0 Å². The van der Waals surface area contributed by atoms with Crippen LogP contribution >= 0.6 is 7.26 Å². The van der Waals surface area contributed by atoms with E-state index in [4.69, 9.17) is 4.98 Å². The molecule has 0 aliphatic heterocycles. The molecule has 0 aromatic carbocycles. The quantitative estimate of drug-likeness (QED) is 0.590. The molecule has 1 aromatic heterocycles. The van der Waals surface area contributed by atoms with E-state index in [0.29, 0.717) is 5.92 Å². The summed E-state index contributed by atoms with van der Waals surface area (Å²) in [6.07, 6.45) is 6.36. The molecule has 1 aromatic rings. The Bertz CT molecular complexity index is 709. The van der Waals surface area contributed by atoms with E-state index in [1.54, 1.807) is 0 Å². The molecule has 28 heavy (non-hydrogen) atoms. The average Bonchev–Trinajstić information content (AvgIpc) is 3.46. The molecule has 0 spiro atoms. The zero-order valence-corrected chi connectivity index (χ0v) is 19.5. The Hall–Kier alpha value is -1.35. The van der Waals surface area contributed by atoms with Gasteiger partial charge in [0.05, 0.1) is 0 Å². The Balaban J connectivity index is 1.72. The second-order valence-electron chi connectivity index (χ2n) is 10.6. The number of nitrogens with zero attached hydrogens (tertiary/aromatic N) is 1. The molecule has 2 unspecified atom stereocenters. The van der Waals surface area contributed by atoms with Crippen molar-refractivity contribution >= 4 is 24.7 Å². The third kappa shape index (κ3) is 5.37. The molecule has 0 saturated heterocycles. The summed E-state index contributed by atoms with van der Waals surface area (Å²) in [5.41, 5.74) is 2.37. The van der Waals surface area contributed by atoms with E-state index in [1.807, 2.05) is 7.05 Å². The maximum absolute atomic E-state index is 12.4. The van der Waals surface area contributed by atoms with Crippen molar-refractivity contribution in [2.75, 3.05) is 44.0 Å². The van der Waals surface area contributed by atoms with Gasteiger partial charge < -0.3 is 0 Å². The summed E-state index contributed by atoms with van der Waals surface area (Å²) in [6, 6.07) is 4.58. The average molecular weight is 407 g/mol. The Morgan fingerprint density at radius 3 is 2.54 bits per heavy atom. The number of anilines is 2. The van der Waals surface area contributed by atoms with Gasteiger partial charge in [-0.05, 0) is 12.8 Å². The van der Waals surface area contributed by atoms with Gasteiger partial charge in [0.15, 0.2) is 0 Å². The fourth-order valence-corrected chi connectivity index (χ4v) is 4.72. The number of pyridine rings is 1. The number of hydrogen-bond acceptors (Lipinski definition) is 4. The Labute approximate surface area is 171 Å². The van der Waals surface area contributed by atoms with Gasteiger partial charge in [0.25, 0.3) is 0 Å². The second-order valence-corrected chi connectivity index (χ2v) is 16.1. The number of carbonyl (C=O) groups is 1. The molecule has 158 valence electrons. The first-order valence-corrected chi connectivity index (χ1v) is 14.5. The van der Waals surface area contributed by atoms with E-state index >= 15 is 0 Å². The molecule has 2 saturated carbocycles. The van der Waals surface area contributed by atoms with Crippen LogP contribution in [0.2, 0.25) is 0 Å². The normalized spacial score (nSPS) is 25.1. The number of aromatic nitrogens is 1. The van der Waals surface area contributed by atoms with E-state index in [2.05, 4.69) is 61.9 Å². The molecule has 2 aliphatic rings. The van der Waals surface area contributed by atoms with Crippen molar-refractivity contribution in [1.29, 1.82) is 0 Å². The summed E-state index contributed by atoms with van der Waals surface area (Å²) in [5.74, 6) is 1.85. The Morgan fingerprint density at radius 1 is 1.21 bits per heavy atom. The van der Waals surface area contributed by atoms with E-state index in [1.165, 1.54) is 0 Å². The van der Waals surface area contributed by atoms with Crippen LogP contribution in [0.3, 0.4) is 0 Å². The van der Waals surface area contributed by atoms with Gasteiger partial charge in [0, 0.05) is 0 Å². The van der Waals surface area contributed by atoms with Gasteiger partial charge in [0.2, 0.25) is 0 Å². The maximum atomic E-state index is 12.4. The van der Waals surface area contributed by atoms with Crippen LogP contribution in [-0.4, -0.2) is 50.3 Å². The van der Waals surface area contributed by atoms with Gasteiger partial charge in [-0.25, -0.2) is 0 Å². The molecular formula is C22H39N4OP. The first-order chi connectivity index (χ1) is 13.1. The minimum atomic E-state index is -1.17. The summed E-state index contributed by atoms with van der Waals surface area (Å²) < 4.78 is 0. The molecule has 0 bridgehead atoms. The monoisotopic (exact) mass is 406 g/mol. The number of amides is 1.